The van der Waals surface area contributed by atoms with Gasteiger partial charge in [-0.2, -0.15) is 0 Å². The molecule has 0 spiro atoms. The smallest absolute Gasteiger partial charge is 0.173 e. The van der Waals surface area contributed by atoms with E-state index in [1.54, 1.807) is 12.0 Å². The van der Waals surface area contributed by atoms with Crippen molar-refractivity contribution in [1.29, 1.82) is 0 Å². The predicted octanol–water partition coefficient (Wildman–Crippen LogP) is 1.98. The van der Waals surface area contributed by atoms with E-state index in [-0.39, 0.29) is 0 Å². The van der Waals surface area contributed by atoms with Gasteiger partial charge in [-0.15, -0.1) is 0 Å². The fraction of sp³-hybridized carbons (Fsp3) is 0.381. The van der Waals surface area contributed by atoms with Crippen molar-refractivity contribution in [2.75, 3.05) is 51.8 Å². The molecule has 2 N–H and O–H groups in total. The highest BCUT2D eigenvalue weighted by Crippen LogP contribution is 2.16. The Balaban J connectivity index is 1.37. The third-order valence-electron chi connectivity index (χ3n) is 4.81. The summed E-state index contributed by atoms with van der Waals surface area (Å²) in [5, 5.41) is 4.17. The number of aryl methyl sites for hydroxylation is 1. The van der Waals surface area contributed by atoms with Crippen LogP contribution in [0.5, 0.6) is 11.5 Å². The van der Waals surface area contributed by atoms with Gasteiger partial charge in [0.2, 0.25) is 0 Å². The van der Waals surface area contributed by atoms with E-state index in [1.807, 2.05) is 30.3 Å². The molecule has 27 heavy (non-hydrogen) atoms. The molecule has 1 aliphatic heterocycles. The first-order chi connectivity index (χ1) is 13.1. The fourth-order valence-electron chi connectivity index (χ4n) is 3.19. The van der Waals surface area contributed by atoms with Crippen molar-refractivity contribution in [3.05, 3.63) is 54.1 Å². The standard InChI is InChI=1S/C21H27N3O2S/c1-17-4-3-5-18(16-17)22-21(27)24-12-10-23(11-13-24)14-15-26-20-8-6-19(25-2)7-9-20/h3-9,16H,10-15H2,1-2H3,(H,22,27)/p+1. The first-order valence-electron chi connectivity index (χ1n) is 9.37. The summed E-state index contributed by atoms with van der Waals surface area (Å²) in [4.78, 5) is 3.81. The molecule has 1 saturated heterocycles. The first-order valence-corrected chi connectivity index (χ1v) is 9.78. The number of methoxy groups -OCH3 is 1. The van der Waals surface area contributed by atoms with E-state index in [0.29, 0.717) is 6.61 Å². The minimum atomic E-state index is 0.716. The van der Waals surface area contributed by atoms with Crippen LogP contribution in [0.15, 0.2) is 48.5 Å². The van der Waals surface area contributed by atoms with Gasteiger partial charge in [-0.25, -0.2) is 0 Å². The van der Waals surface area contributed by atoms with Gasteiger partial charge in [0.15, 0.2) is 5.11 Å². The van der Waals surface area contributed by atoms with Gasteiger partial charge >= 0.3 is 0 Å². The maximum atomic E-state index is 5.84. The van der Waals surface area contributed by atoms with Crippen LogP contribution in [0.25, 0.3) is 0 Å². The average molecular weight is 387 g/mol. The van der Waals surface area contributed by atoms with Crippen LogP contribution in [-0.2, 0) is 0 Å². The highest BCUT2D eigenvalue weighted by Gasteiger charge is 2.21. The van der Waals surface area contributed by atoms with Crippen LogP contribution in [0.3, 0.4) is 0 Å². The van der Waals surface area contributed by atoms with Crippen molar-refractivity contribution >= 4 is 23.0 Å². The Bertz CT molecular complexity index is 743. The Morgan fingerprint density at radius 3 is 2.48 bits per heavy atom. The SMILES string of the molecule is COc1ccc(OCC[NH+]2CCN(C(=S)Nc3cccc(C)c3)CC2)cc1. The van der Waals surface area contributed by atoms with Gasteiger partial charge in [-0.05, 0) is 61.1 Å². The number of hydrogen-bond donors (Lipinski definition) is 2. The van der Waals surface area contributed by atoms with E-state index in [1.165, 1.54) is 5.56 Å². The highest BCUT2D eigenvalue weighted by atomic mass is 32.1. The Morgan fingerprint density at radius 1 is 1.11 bits per heavy atom. The maximum absolute atomic E-state index is 5.84. The second kappa shape index (κ2) is 9.58. The highest BCUT2D eigenvalue weighted by molar-refractivity contribution is 7.80. The van der Waals surface area contributed by atoms with Crippen LogP contribution in [0, 0.1) is 6.92 Å². The fourth-order valence-corrected chi connectivity index (χ4v) is 3.49. The number of ether oxygens (including phenoxy) is 2. The molecule has 0 aliphatic carbocycles. The number of rotatable bonds is 6. The topological polar surface area (TPSA) is 38.2 Å². The first kappa shape index (κ1) is 19.5. The second-order valence-corrected chi connectivity index (χ2v) is 7.20. The zero-order valence-electron chi connectivity index (χ0n) is 16.0. The summed E-state index contributed by atoms with van der Waals surface area (Å²) < 4.78 is 11.0. The van der Waals surface area contributed by atoms with E-state index in [2.05, 4.69) is 35.3 Å². The van der Waals surface area contributed by atoms with Crippen molar-refractivity contribution in [3.63, 3.8) is 0 Å². The third kappa shape index (κ3) is 5.84. The number of hydrogen-bond acceptors (Lipinski definition) is 3. The molecule has 1 aliphatic rings. The molecule has 6 heteroatoms. The molecule has 0 unspecified atom stereocenters. The quantitative estimate of drug-likeness (QED) is 0.743. The lowest BCUT2D eigenvalue weighted by Gasteiger charge is -2.33. The average Bonchev–Trinajstić information content (AvgIpc) is 2.69. The molecule has 0 radical (unpaired) electrons. The van der Waals surface area contributed by atoms with Crippen molar-refractivity contribution in [2.24, 2.45) is 0 Å². The normalized spacial score (nSPS) is 14.7. The second-order valence-electron chi connectivity index (χ2n) is 6.81. The van der Waals surface area contributed by atoms with Gasteiger partial charge in [0.1, 0.15) is 24.7 Å². The number of nitrogens with zero attached hydrogens (tertiary/aromatic N) is 1. The van der Waals surface area contributed by atoms with Crippen molar-refractivity contribution in [1.82, 2.24) is 4.90 Å². The summed E-state index contributed by atoms with van der Waals surface area (Å²) >= 11 is 5.58. The summed E-state index contributed by atoms with van der Waals surface area (Å²) in [6.45, 7) is 7.88. The molecule has 0 bridgehead atoms. The maximum Gasteiger partial charge on any atom is 0.173 e. The number of thiocarbonyl (C=S) groups is 1. The lowest BCUT2D eigenvalue weighted by Crippen LogP contribution is -3.15. The molecule has 3 rings (SSSR count). The van der Waals surface area contributed by atoms with Crippen molar-refractivity contribution in [2.45, 2.75) is 6.92 Å². The van der Waals surface area contributed by atoms with Gasteiger partial charge < -0.3 is 24.6 Å². The largest absolute Gasteiger partial charge is 0.497 e. The van der Waals surface area contributed by atoms with Gasteiger partial charge in [-0.1, -0.05) is 12.1 Å². The minimum absolute atomic E-state index is 0.716. The van der Waals surface area contributed by atoms with E-state index < -0.39 is 0 Å². The van der Waals surface area contributed by atoms with Gasteiger partial charge in [0.25, 0.3) is 0 Å². The number of piperazine rings is 1. The number of quaternary nitrogens is 1. The van der Waals surface area contributed by atoms with Crippen molar-refractivity contribution in [3.8, 4) is 11.5 Å². The van der Waals surface area contributed by atoms with Crippen LogP contribution >= 0.6 is 12.2 Å². The number of nitrogens with one attached hydrogen (secondary N) is 2. The zero-order valence-corrected chi connectivity index (χ0v) is 16.8. The Hall–Kier alpha value is -2.31. The molecule has 144 valence electrons. The van der Waals surface area contributed by atoms with Crippen LogP contribution in [0.1, 0.15) is 5.56 Å². The molecule has 2 aromatic rings. The van der Waals surface area contributed by atoms with E-state index in [4.69, 9.17) is 21.7 Å². The molecular weight excluding hydrogens is 358 g/mol. The molecule has 0 amide bonds. The van der Waals surface area contributed by atoms with Gasteiger partial charge in [0, 0.05) is 5.69 Å². The summed E-state index contributed by atoms with van der Waals surface area (Å²) in [5.74, 6) is 1.73. The predicted molar refractivity (Wildman–Crippen MR) is 113 cm³/mol. The third-order valence-corrected chi connectivity index (χ3v) is 5.17. The van der Waals surface area contributed by atoms with Crippen LogP contribution in [0.2, 0.25) is 0 Å². The zero-order chi connectivity index (χ0) is 19.1. The lowest BCUT2D eigenvalue weighted by atomic mass is 10.2. The van der Waals surface area contributed by atoms with Crippen molar-refractivity contribution < 1.29 is 14.4 Å². The minimum Gasteiger partial charge on any atom is -0.497 e. The molecule has 0 saturated carbocycles. The molecule has 1 fully saturated rings. The Kier molecular flexibility index (Phi) is 6.90. The van der Waals surface area contributed by atoms with E-state index in [9.17, 15) is 0 Å². The van der Waals surface area contributed by atoms with Gasteiger partial charge in [-0.3, -0.25) is 0 Å². The molecule has 2 aromatic carbocycles. The number of anilines is 1. The molecule has 0 atom stereocenters. The summed E-state index contributed by atoms with van der Waals surface area (Å²) in [6, 6.07) is 16.0. The lowest BCUT2D eigenvalue weighted by molar-refractivity contribution is -0.903. The van der Waals surface area contributed by atoms with Crippen LogP contribution in [-0.4, -0.2) is 56.5 Å². The van der Waals surface area contributed by atoms with Crippen LogP contribution < -0.4 is 19.7 Å². The van der Waals surface area contributed by atoms with E-state index in [0.717, 1.165) is 55.0 Å². The molecule has 0 aromatic heterocycles. The summed E-state index contributed by atoms with van der Waals surface area (Å²) in [6.07, 6.45) is 0. The summed E-state index contributed by atoms with van der Waals surface area (Å²) in [7, 11) is 1.67. The summed E-state index contributed by atoms with van der Waals surface area (Å²) in [5.41, 5.74) is 2.29. The monoisotopic (exact) mass is 386 g/mol. The Morgan fingerprint density at radius 2 is 1.81 bits per heavy atom. The van der Waals surface area contributed by atoms with E-state index >= 15 is 0 Å². The molecule has 1 heterocycles. The Labute approximate surface area is 166 Å². The van der Waals surface area contributed by atoms with Crippen LogP contribution in [0.4, 0.5) is 5.69 Å². The number of benzene rings is 2. The molecule has 5 nitrogen and oxygen atoms in total. The molecular formula is C21H28N3O2S+. The van der Waals surface area contributed by atoms with Gasteiger partial charge in [0.05, 0.1) is 33.3 Å².